The molecule has 1 aliphatic carbocycles. The summed E-state index contributed by atoms with van der Waals surface area (Å²) in [7, 11) is 1.59. The lowest BCUT2D eigenvalue weighted by Gasteiger charge is -2.34. The minimum Gasteiger partial charge on any atom is -0.368 e. The second kappa shape index (κ2) is 10.6. The number of alkyl halides is 3. The fraction of sp³-hybridized carbons (Fsp3) is 0.538. The summed E-state index contributed by atoms with van der Waals surface area (Å²) in [5, 5.41) is 13.6. The largest absolute Gasteiger partial charge is 0.471 e. The zero-order valence-electron chi connectivity index (χ0n) is 22.5. The van der Waals surface area contributed by atoms with Gasteiger partial charge < -0.3 is 26.2 Å². The van der Waals surface area contributed by atoms with E-state index in [4.69, 9.17) is 5.73 Å². The Labute approximate surface area is 228 Å². The van der Waals surface area contributed by atoms with E-state index in [1.165, 1.54) is 11.1 Å². The zero-order chi connectivity index (χ0) is 29.6. The van der Waals surface area contributed by atoms with Crippen LogP contribution in [0, 0.1) is 17.3 Å². The van der Waals surface area contributed by atoms with Gasteiger partial charge in [0.05, 0.1) is 6.20 Å². The Bertz CT molecular complexity index is 1330. The van der Waals surface area contributed by atoms with Crippen molar-refractivity contribution in [2.45, 2.75) is 45.1 Å². The standard InChI is InChI=1S/C26H32F3N7O4/c1-5-35(4)12-16(32-24(40)26(27,28)29)23(39)36-11-15-17(25(15,2)3)20(36)22(38)33-19(21(30)37)18-14-9-7-6-8-13(14)10-31-34-18/h6-10,15-17,19-20H,5,11-12H2,1-4H3,(H2,30,37)(H,32,40)(H,33,38)/t15-,16?,17-,19?,20-/m0/s1. The first-order valence-corrected chi connectivity index (χ1v) is 12.8. The van der Waals surface area contributed by atoms with E-state index in [-0.39, 0.29) is 36.0 Å². The Morgan fingerprint density at radius 2 is 1.88 bits per heavy atom. The van der Waals surface area contributed by atoms with Crippen molar-refractivity contribution in [3.63, 3.8) is 0 Å². The van der Waals surface area contributed by atoms with Gasteiger partial charge in [-0.2, -0.15) is 23.4 Å². The molecule has 2 aliphatic rings. The number of nitrogens with zero attached hydrogens (tertiary/aromatic N) is 4. The SMILES string of the molecule is CCN(C)CC(NC(=O)C(F)(F)F)C(=O)N1C[C@H]2[C@@H]([C@H]1C(=O)NC(C(N)=O)c1nncc3ccccc13)C2(C)C. The predicted octanol–water partition coefficient (Wildman–Crippen LogP) is 0.754. The molecule has 2 aromatic rings. The summed E-state index contributed by atoms with van der Waals surface area (Å²) in [4.78, 5) is 54.5. The van der Waals surface area contributed by atoms with Gasteiger partial charge in [-0.05, 0) is 30.8 Å². The van der Waals surface area contributed by atoms with Crippen molar-refractivity contribution in [2.24, 2.45) is 23.0 Å². The number of nitrogens with one attached hydrogen (secondary N) is 2. The Morgan fingerprint density at radius 3 is 2.50 bits per heavy atom. The summed E-state index contributed by atoms with van der Waals surface area (Å²) in [6.07, 6.45) is -3.69. The molecule has 0 bridgehead atoms. The molecule has 1 saturated carbocycles. The van der Waals surface area contributed by atoms with Crippen molar-refractivity contribution in [3.05, 3.63) is 36.2 Å². The van der Waals surface area contributed by atoms with E-state index in [1.54, 1.807) is 48.5 Å². The topological polar surface area (TPSA) is 151 Å². The first-order valence-electron chi connectivity index (χ1n) is 12.8. The number of primary amides is 1. The number of rotatable bonds is 9. The van der Waals surface area contributed by atoms with Crippen LogP contribution >= 0.6 is 0 Å². The molecule has 1 saturated heterocycles. The van der Waals surface area contributed by atoms with Crippen molar-refractivity contribution in [2.75, 3.05) is 26.7 Å². The van der Waals surface area contributed by atoms with Crippen molar-refractivity contribution in [3.8, 4) is 0 Å². The quantitative estimate of drug-likeness (QED) is 0.408. The lowest BCUT2D eigenvalue weighted by molar-refractivity contribution is -0.175. The molecule has 14 heteroatoms. The summed E-state index contributed by atoms with van der Waals surface area (Å²) < 4.78 is 39.2. The fourth-order valence-electron chi connectivity index (χ4n) is 5.64. The first kappa shape index (κ1) is 29.2. The second-order valence-electron chi connectivity index (χ2n) is 10.9. The molecule has 2 heterocycles. The smallest absolute Gasteiger partial charge is 0.368 e. The number of likely N-dealkylation sites (tertiary alicyclic amines) is 1. The van der Waals surface area contributed by atoms with E-state index in [1.807, 2.05) is 13.8 Å². The van der Waals surface area contributed by atoms with Gasteiger partial charge in [0.15, 0.2) is 6.04 Å². The number of carbonyl (C=O) groups excluding carboxylic acids is 4. The second-order valence-corrected chi connectivity index (χ2v) is 10.9. The third-order valence-electron chi connectivity index (χ3n) is 8.10. The van der Waals surface area contributed by atoms with Crippen LogP contribution < -0.4 is 16.4 Å². The number of amides is 4. The van der Waals surface area contributed by atoms with Crippen molar-refractivity contribution in [1.82, 2.24) is 30.6 Å². The van der Waals surface area contributed by atoms with Gasteiger partial charge in [-0.25, -0.2) is 0 Å². The Balaban J connectivity index is 1.64. The molecule has 5 atom stereocenters. The molecule has 2 fully saturated rings. The highest BCUT2D eigenvalue weighted by atomic mass is 19.4. The van der Waals surface area contributed by atoms with E-state index < -0.39 is 47.9 Å². The Kier molecular flexibility index (Phi) is 7.76. The molecule has 0 radical (unpaired) electrons. The number of aromatic nitrogens is 2. The van der Waals surface area contributed by atoms with E-state index in [2.05, 4.69) is 15.5 Å². The third kappa shape index (κ3) is 5.44. The number of nitrogens with two attached hydrogens (primary N) is 1. The van der Waals surface area contributed by atoms with Crippen molar-refractivity contribution in [1.29, 1.82) is 0 Å². The first-order chi connectivity index (χ1) is 18.7. The Morgan fingerprint density at radius 1 is 1.20 bits per heavy atom. The van der Waals surface area contributed by atoms with Crippen molar-refractivity contribution < 1.29 is 32.3 Å². The molecule has 4 amide bonds. The lowest BCUT2D eigenvalue weighted by atomic mass is 9.98. The van der Waals surface area contributed by atoms with Crippen LogP contribution in [0.2, 0.25) is 0 Å². The molecule has 216 valence electrons. The van der Waals surface area contributed by atoms with Gasteiger partial charge in [0.2, 0.25) is 17.7 Å². The van der Waals surface area contributed by atoms with Gasteiger partial charge in [-0.3, -0.25) is 19.2 Å². The highest BCUT2D eigenvalue weighted by Gasteiger charge is 2.69. The van der Waals surface area contributed by atoms with E-state index >= 15 is 0 Å². The average molecular weight is 564 g/mol. The summed E-state index contributed by atoms with van der Waals surface area (Å²) in [5.74, 6) is -5.08. The summed E-state index contributed by atoms with van der Waals surface area (Å²) in [6, 6.07) is 2.92. The molecule has 2 unspecified atom stereocenters. The number of halogens is 3. The van der Waals surface area contributed by atoms with Crippen LogP contribution in [0.3, 0.4) is 0 Å². The monoisotopic (exact) mass is 563 g/mol. The highest BCUT2D eigenvalue weighted by molar-refractivity contribution is 5.97. The molecule has 4 rings (SSSR count). The maximum atomic E-state index is 13.8. The number of fused-ring (bicyclic) bond motifs is 2. The van der Waals surface area contributed by atoms with Gasteiger partial charge >= 0.3 is 12.1 Å². The lowest BCUT2D eigenvalue weighted by Crippen LogP contribution is -2.60. The van der Waals surface area contributed by atoms with Crippen LogP contribution in [-0.4, -0.2) is 88.6 Å². The number of hydrogen-bond acceptors (Lipinski definition) is 7. The Hall–Kier alpha value is -3.81. The number of likely N-dealkylation sites (N-methyl/N-ethyl adjacent to an activating group) is 1. The molecule has 40 heavy (non-hydrogen) atoms. The average Bonchev–Trinajstić information content (AvgIpc) is 3.22. The van der Waals surface area contributed by atoms with Crippen LogP contribution in [0.5, 0.6) is 0 Å². The van der Waals surface area contributed by atoms with Gasteiger partial charge in [-0.1, -0.05) is 45.0 Å². The van der Waals surface area contributed by atoms with Crippen molar-refractivity contribution >= 4 is 34.4 Å². The van der Waals surface area contributed by atoms with Gasteiger partial charge in [0, 0.05) is 23.9 Å². The fourth-order valence-corrected chi connectivity index (χ4v) is 5.64. The highest BCUT2D eigenvalue weighted by Crippen LogP contribution is 2.65. The van der Waals surface area contributed by atoms with Crippen LogP contribution in [0.25, 0.3) is 10.8 Å². The minimum absolute atomic E-state index is 0.0977. The summed E-state index contributed by atoms with van der Waals surface area (Å²) >= 11 is 0. The van der Waals surface area contributed by atoms with Gasteiger partial charge in [-0.15, -0.1) is 0 Å². The van der Waals surface area contributed by atoms with Gasteiger partial charge in [0.25, 0.3) is 0 Å². The summed E-state index contributed by atoms with van der Waals surface area (Å²) in [6.45, 7) is 5.92. The zero-order valence-corrected chi connectivity index (χ0v) is 22.5. The number of hydrogen-bond donors (Lipinski definition) is 3. The number of benzene rings is 1. The van der Waals surface area contributed by atoms with E-state index in [0.29, 0.717) is 17.3 Å². The van der Waals surface area contributed by atoms with Crippen LogP contribution in [0.4, 0.5) is 13.2 Å². The van der Waals surface area contributed by atoms with Crippen LogP contribution in [0.1, 0.15) is 32.5 Å². The molecule has 1 aromatic heterocycles. The third-order valence-corrected chi connectivity index (χ3v) is 8.10. The molecular formula is C26H32F3N7O4. The minimum atomic E-state index is -5.19. The normalized spacial score (nSPS) is 22.9. The molecule has 11 nitrogen and oxygen atoms in total. The van der Waals surface area contributed by atoms with Crippen LogP contribution in [0.15, 0.2) is 30.5 Å². The molecule has 4 N–H and O–H groups in total. The number of carbonyl (C=O) groups is 4. The molecule has 1 aliphatic heterocycles. The molecule has 0 spiro atoms. The van der Waals surface area contributed by atoms with Crippen LogP contribution in [-0.2, 0) is 19.2 Å². The predicted molar refractivity (Wildman–Crippen MR) is 137 cm³/mol. The summed E-state index contributed by atoms with van der Waals surface area (Å²) in [5.41, 5.74) is 5.45. The van der Waals surface area contributed by atoms with E-state index in [0.717, 1.165) is 0 Å². The van der Waals surface area contributed by atoms with Gasteiger partial charge in [0.1, 0.15) is 17.8 Å². The van der Waals surface area contributed by atoms with E-state index in [9.17, 15) is 32.3 Å². The molecule has 1 aromatic carbocycles. The maximum Gasteiger partial charge on any atom is 0.471 e. The number of piperidine rings is 1. The maximum absolute atomic E-state index is 13.8. The molecular weight excluding hydrogens is 531 g/mol.